The van der Waals surface area contributed by atoms with Crippen molar-refractivity contribution in [1.82, 2.24) is 0 Å². The predicted molar refractivity (Wildman–Crippen MR) is 48.2 cm³/mol. The Morgan fingerprint density at radius 2 is 1.38 bits per heavy atom. The molecule has 3 N–H and O–H groups in total. The van der Waals surface area contributed by atoms with Crippen LogP contribution in [0.3, 0.4) is 0 Å². The van der Waals surface area contributed by atoms with Crippen LogP contribution in [0.5, 0.6) is 0 Å². The van der Waals surface area contributed by atoms with E-state index in [0.717, 1.165) is 0 Å². The molecule has 0 radical (unpaired) electrons. The lowest BCUT2D eigenvalue weighted by atomic mass is 10.3. The molecule has 1 aromatic rings. The first kappa shape index (κ1) is 14.6. The minimum atomic E-state index is -3.67. The fourth-order valence-electron chi connectivity index (χ4n) is 0.592. The van der Waals surface area contributed by atoms with Gasteiger partial charge in [-0.2, -0.15) is 8.42 Å². The molecule has 0 aliphatic rings. The van der Waals surface area contributed by atoms with Crippen molar-refractivity contribution in [2.24, 2.45) is 0 Å². The summed E-state index contributed by atoms with van der Waals surface area (Å²) in [5.41, 5.74) is 3.52. The highest BCUT2D eigenvalue weighted by Crippen LogP contribution is 2.20. The maximum absolute atomic E-state index is 12.3. The number of anilines is 1. The molecule has 0 fully saturated rings. The van der Waals surface area contributed by atoms with Gasteiger partial charge in [-0.3, -0.25) is 4.55 Å². The average Bonchev–Trinajstić information content (AvgIpc) is 2.09. The Bertz CT molecular complexity index is 455. The van der Waals surface area contributed by atoms with Crippen molar-refractivity contribution in [3.8, 4) is 0 Å². The first-order valence-corrected chi connectivity index (χ1v) is 5.39. The molecule has 1 aromatic carbocycles. The van der Waals surface area contributed by atoms with Gasteiger partial charge < -0.3 is 5.73 Å². The Morgan fingerprint density at radius 3 is 1.62 bits per heavy atom. The summed E-state index contributed by atoms with van der Waals surface area (Å²) in [5.74, 6) is -6.13. The van der Waals surface area contributed by atoms with Crippen molar-refractivity contribution >= 4 is 15.8 Å². The summed E-state index contributed by atoms with van der Waals surface area (Å²) >= 11 is 0. The molecule has 4 nitrogen and oxygen atoms in total. The van der Waals surface area contributed by atoms with Crippen LogP contribution in [0, 0.1) is 23.3 Å². The zero-order chi connectivity index (χ0) is 13.1. The van der Waals surface area contributed by atoms with Gasteiger partial charge in [-0.15, -0.1) is 0 Å². The van der Waals surface area contributed by atoms with Crippen LogP contribution in [0.25, 0.3) is 0 Å². The van der Waals surface area contributed by atoms with Gasteiger partial charge in [0, 0.05) is 6.07 Å². The molecule has 9 heteroatoms. The highest BCUT2D eigenvalue weighted by Gasteiger charge is 2.15. The number of benzene rings is 1. The zero-order valence-electron chi connectivity index (χ0n) is 7.84. The van der Waals surface area contributed by atoms with Gasteiger partial charge in [-0.05, 0) is 0 Å². The molecule has 0 saturated heterocycles. The van der Waals surface area contributed by atoms with Gasteiger partial charge in [0.05, 0.1) is 6.26 Å². The standard InChI is InChI=1S/C6H3F4N.CH4O3S/c7-2-1-3(8)5(10)6(11)4(2)9;1-5(2,3)4/h1H,11H2;1H3,(H,2,3,4). The van der Waals surface area contributed by atoms with E-state index in [0.29, 0.717) is 6.26 Å². The molecule has 0 aliphatic carbocycles. The van der Waals surface area contributed by atoms with Crippen LogP contribution < -0.4 is 5.73 Å². The second-order valence-corrected chi connectivity index (χ2v) is 4.08. The average molecular weight is 261 g/mol. The van der Waals surface area contributed by atoms with Crippen LogP contribution >= 0.6 is 0 Å². The molecule has 0 spiro atoms. The molecule has 0 amide bonds. The molecular formula is C7H7F4NO3S. The van der Waals surface area contributed by atoms with E-state index in [2.05, 4.69) is 5.73 Å². The summed E-state index contributed by atoms with van der Waals surface area (Å²) in [5, 5.41) is 0. The van der Waals surface area contributed by atoms with E-state index in [1.807, 2.05) is 0 Å². The molecule has 0 saturated carbocycles. The Hall–Kier alpha value is -1.35. The lowest BCUT2D eigenvalue weighted by molar-refractivity contribution is 0.460. The van der Waals surface area contributed by atoms with Crippen molar-refractivity contribution in [2.75, 3.05) is 12.0 Å². The van der Waals surface area contributed by atoms with Crippen molar-refractivity contribution in [2.45, 2.75) is 0 Å². The molecule has 1 rings (SSSR count). The van der Waals surface area contributed by atoms with Crippen LogP contribution in [0.4, 0.5) is 23.2 Å². The Kier molecular flexibility index (Phi) is 4.69. The summed E-state index contributed by atoms with van der Waals surface area (Å²) < 4.78 is 74.7. The highest BCUT2D eigenvalue weighted by molar-refractivity contribution is 7.85. The second kappa shape index (κ2) is 5.12. The topological polar surface area (TPSA) is 80.4 Å². The normalized spacial score (nSPS) is 10.6. The minimum Gasteiger partial charge on any atom is -0.394 e. The lowest BCUT2D eigenvalue weighted by Crippen LogP contribution is -2.01. The van der Waals surface area contributed by atoms with Gasteiger partial charge in [-0.25, -0.2) is 17.6 Å². The number of hydrogen-bond acceptors (Lipinski definition) is 3. The van der Waals surface area contributed by atoms with Crippen molar-refractivity contribution in [3.63, 3.8) is 0 Å². The molecule has 0 aromatic heterocycles. The minimum absolute atomic E-state index is 0.0982. The fraction of sp³-hybridized carbons (Fsp3) is 0.143. The quantitative estimate of drug-likeness (QED) is 0.319. The number of nitrogen functional groups attached to an aromatic ring is 1. The van der Waals surface area contributed by atoms with E-state index in [4.69, 9.17) is 4.55 Å². The third kappa shape index (κ3) is 4.94. The van der Waals surface area contributed by atoms with E-state index in [-0.39, 0.29) is 6.07 Å². The second-order valence-electron chi connectivity index (χ2n) is 2.61. The van der Waals surface area contributed by atoms with Gasteiger partial charge in [0.15, 0.2) is 23.3 Å². The van der Waals surface area contributed by atoms with E-state index >= 15 is 0 Å². The molecule has 0 unspecified atom stereocenters. The van der Waals surface area contributed by atoms with Crippen LogP contribution in [-0.2, 0) is 10.1 Å². The zero-order valence-corrected chi connectivity index (χ0v) is 8.66. The molecule has 0 atom stereocenters. The van der Waals surface area contributed by atoms with E-state index in [9.17, 15) is 26.0 Å². The Morgan fingerprint density at radius 1 is 1.12 bits per heavy atom. The van der Waals surface area contributed by atoms with E-state index in [1.165, 1.54) is 0 Å². The van der Waals surface area contributed by atoms with Crippen LogP contribution in [0.15, 0.2) is 6.07 Å². The largest absolute Gasteiger partial charge is 0.394 e. The van der Waals surface area contributed by atoms with E-state index < -0.39 is 39.1 Å². The van der Waals surface area contributed by atoms with Gasteiger partial charge >= 0.3 is 0 Å². The number of rotatable bonds is 0. The summed E-state index contributed by atoms with van der Waals surface area (Å²) in [4.78, 5) is 0. The van der Waals surface area contributed by atoms with Crippen molar-refractivity contribution in [1.29, 1.82) is 0 Å². The summed E-state index contributed by atoms with van der Waals surface area (Å²) in [6.45, 7) is 0. The van der Waals surface area contributed by atoms with E-state index in [1.54, 1.807) is 0 Å². The summed E-state index contributed by atoms with van der Waals surface area (Å²) in [6, 6.07) is 0.0982. The smallest absolute Gasteiger partial charge is 0.261 e. The highest BCUT2D eigenvalue weighted by atomic mass is 32.2. The lowest BCUT2D eigenvalue weighted by Gasteiger charge is -1.99. The van der Waals surface area contributed by atoms with Gasteiger partial charge in [0.1, 0.15) is 5.69 Å². The third-order valence-corrected chi connectivity index (χ3v) is 1.15. The first-order valence-electron chi connectivity index (χ1n) is 3.55. The van der Waals surface area contributed by atoms with Gasteiger partial charge in [0.25, 0.3) is 10.1 Å². The maximum atomic E-state index is 12.3. The number of nitrogens with two attached hydrogens (primary N) is 1. The van der Waals surface area contributed by atoms with Crippen LogP contribution in [0.2, 0.25) is 0 Å². The van der Waals surface area contributed by atoms with Gasteiger partial charge in [-0.1, -0.05) is 0 Å². The maximum Gasteiger partial charge on any atom is 0.261 e. The fourth-order valence-corrected chi connectivity index (χ4v) is 0.592. The molecular weight excluding hydrogens is 254 g/mol. The summed E-state index contributed by atoms with van der Waals surface area (Å²) in [7, 11) is -3.67. The third-order valence-electron chi connectivity index (χ3n) is 1.15. The molecule has 0 bridgehead atoms. The first-order chi connectivity index (χ1) is 7.04. The molecule has 0 aliphatic heterocycles. The summed E-state index contributed by atoms with van der Waals surface area (Å²) in [6.07, 6.45) is 0.715. The number of hydrogen-bond donors (Lipinski definition) is 2. The van der Waals surface area contributed by atoms with Crippen molar-refractivity contribution in [3.05, 3.63) is 29.3 Å². The van der Waals surface area contributed by atoms with Crippen LogP contribution in [0.1, 0.15) is 0 Å². The van der Waals surface area contributed by atoms with Crippen molar-refractivity contribution < 1.29 is 30.5 Å². The molecule has 16 heavy (non-hydrogen) atoms. The monoisotopic (exact) mass is 261 g/mol. The Labute approximate surface area is 88.4 Å². The number of halogens is 4. The Balaban J connectivity index is 0.000000385. The SMILES string of the molecule is CS(=O)(=O)O.Nc1c(F)c(F)cc(F)c1F. The predicted octanol–water partition coefficient (Wildman–Crippen LogP) is 1.33. The van der Waals surface area contributed by atoms with Gasteiger partial charge in [0.2, 0.25) is 0 Å². The molecule has 92 valence electrons. The van der Waals surface area contributed by atoms with Crippen LogP contribution in [-0.4, -0.2) is 19.2 Å². The molecule has 0 heterocycles.